The van der Waals surface area contributed by atoms with Gasteiger partial charge in [-0.05, 0) is 207 Å². The molecule has 8 rings (SSSR count). The van der Waals surface area contributed by atoms with Crippen LogP contribution in [-0.4, -0.2) is 60.3 Å². The van der Waals surface area contributed by atoms with Gasteiger partial charge in [0.05, 0.1) is 63.5 Å². The van der Waals surface area contributed by atoms with E-state index in [0.717, 1.165) is 9.13 Å². The normalized spacial score (nSPS) is 12.4. The second-order valence-corrected chi connectivity index (χ2v) is 27.4. The largest absolute Gasteiger partial charge is 1.00 e. The Balaban J connectivity index is 0.00000631. The van der Waals surface area contributed by atoms with Crippen molar-refractivity contribution in [1.29, 1.82) is 0 Å². The van der Waals surface area contributed by atoms with Crippen molar-refractivity contribution >= 4 is 95.2 Å². The quantitative estimate of drug-likeness (QED) is 0.0328. The van der Waals surface area contributed by atoms with Crippen molar-refractivity contribution in [3.05, 3.63) is 189 Å². The summed E-state index contributed by atoms with van der Waals surface area (Å²) in [7, 11) is -21.4. The van der Waals surface area contributed by atoms with E-state index in [0.29, 0.717) is 11.4 Å². The molecule has 452 valence electrons. The maximum Gasteiger partial charge on any atom is 1.00 e. The first-order valence-corrected chi connectivity index (χ1v) is 33.0. The van der Waals surface area contributed by atoms with E-state index in [2.05, 4.69) is 52.0 Å². The van der Waals surface area contributed by atoms with Crippen LogP contribution in [0.4, 0.5) is 45.5 Å². The van der Waals surface area contributed by atoms with Crippen LogP contribution in [0.2, 0.25) is 0 Å². The Morgan fingerprint density at radius 3 is 0.865 bits per heavy atom. The second kappa shape index (κ2) is 29.0. The van der Waals surface area contributed by atoms with Gasteiger partial charge in [0.25, 0.3) is 31.4 Å². The number of aromatic nitrogens is 2. The van der Waals surface area contributed by atoms with Gasteiger partial charge in [0.1, 0.15) is 11.5 Å². The van der Waals surface area contributed by atoms with Gasteiger partial charge in [0, 0.05) is 13.1 Å². The molecule has 0 saturated heterocycles. The average Bonchev–Trinajstić information content (AvgIpc) is 2.39. The van der Waals surface area contributed by atoms with Crippen molar-refractivity contribution in [3.63, 3.8) is 0 Å². The predicted octanol–water partition coefficient (Wildman–Crippen LogP) is 3.15. The van der Waals surface area contributed by atoms with Crippen LogP contribution in [-0.2, 0) is 74.3 Å². The molecule has 0 amide bonds. The number of pyridine rings is 2. The SMILES string of the molecule is CCn1c([O-])c(CS(=O)(=O)O)c(C)c(N=Nc2ccc(S(=O)(=O)c3ccc(NN=Nc4ccc(S(=O)(=O)c5ccc(N=NNc6ccc(S(=O)(=O)c7ccc(N=Nc8c(C)c(CS(=O)(=O)O)c([O-])n(CC)c8=O)cc7)cc6)cc5)cc4)cc3)cc2)c1=O.[Na+].[Na+]. The van der Waals surface area contributed by atoms with Gasteiger partial charge in [-0.25, -0.2) is 25.3 Å². The smallest absolute Gasteiger partial charge is 0.860 e. The molecule has 8 aromatic rings. The molecule has 2 heterocycles. The number of hydrogen-bond donors (Lipinski definition) is 4. The summed E-state index contributed by atoms with van der Waals surface area (Å²) in [4.78, 5) is 25.4. The van der Waals surface area contributed by atoms with E-state index < -0.39 is 84.1 Å². The van der Waals surface area contributed by atoms with E-state index in [4.69, 9.17) is 0 Å². The average molecular weight is 1330 g/mol. The molecule has 28 nitrogen and oxygen atoms in total. The number of nitrogens with zero attached hydrogens (tertiary/aromatic N) is 10. The predicted molar refractivity (Wildman–Crippen MR) is 311 cm³/mol. The molecule has 0 radical (unpaired) electrons. The van der Waals surface area contributed by atoms with Crippen molar-refractivity contribution < 1.29 is 121 Å². The van der Waals surface area contributed by atoms with Crippen molar-refractivity contribution in [2.75, 3.05) is 10.9 Å². The molecule has 0 unspecified atom stereocenters. The zero-order valence-electron chi connectivity index (χ0n) is 47.8. The van der Waals surface area contributed by atoms with Crippen molar-refractivity contribution in [2.24, 2.45) is 41.1 Å². The Morgan fingerprint density at radius 1 is 0.393 bits per heavy atom. The number of azo groups is 2. The Bertz CT molecular complexity index is 4510. The molecule has 0 aliphatic heterocycles. The molecular formula is C54H48N12Na2O16S5. The summed E-state index contributed by atoms with van der Waals surface area (Å²) >= 11 is 0. The number of sulfone groups is 3. The second-order valence-electron chi connectivity index (χ2n) is 18.6. The van der Waals surface area contributed by atoms with E-state index in [1.165, 1.54) is 173 Å². The molecule has 0 saturated carbocycles. The van der Waals surface area contributed by atoms with Crippen LogP contribution in [0.15, 0.2) is 226 Å². The van der Waals surface area contributed by atoms with Crippen LogP contribution < -0.4 is 91.3 Å². The molecular weight excluding hydrogens is 1280 g/mol. The first-order valence-electron chi connectivity index (χ1n) is 25.3. The van der Waals surface area contributed by atoms with Crippen LogP contribution in [0.25, 0.3) is 0 Å². The molecule has 0 atom stereocenters. The minimum atomic E-state index is -4.63. The Labute approximate surface area is 553 Å². The summed E-state index contributed by atoms with van der Waals surface area (Å²) < 4.78 is 147. The van der Waals surface area contributed by atoms with Gasteiger partial charge < -0.3 is 19.3 Å². The van der Waals surface area contributed by atoms with E-state index in [9.17, 15) is 71.0 Å². The summed E-state index contributed by atoms with van der Waals surface area (Å²) in [6.07, 6.45) is 0. The fourth-order valence-electron chi connectivity index (χ4n) is 8.30. The van der Waals surface area contributed by atoms with Gasteiger partial charge in [0.2, 0.25) is 29.5 Å². The minimum Gasteiger partial charge on any atom is -0.860 e. The van der Waals surface area contributed by atoms with E-state index in [-0.39, 0.29) is 158 Å². The van der Waals surface area contributed by atoms with Crippen LogP contribution in [0.1, 0.15) is 36.1 Å². The van der Waals surface area contributed by atoms with Crippen molar-refractivity contribution in [3.8, 4) is 11.8 Å². The number of hydrogen-bond acceptors (Lipinski definition) is 22. The number of anilines is 2. The molecule has 6 aromatic carbocycles. The van der Waals surface area contributed by atoms with E-state index in [1.54, 1.807) is 0 Å². The minimum absolute atomic E-state index is 0. The fourth-order valence-corrected chi connectivity index (χ4v) is 13.5. The molecule has 35 heteroatoms. The maximum atomic E-state index is 13.5. The summed E-state index contributed by atoms with van der Waals surface area (Å²) in [6.45, 7) is 5.37. The van der Waals surface area contributed by atoms with Gasteiger partial charge >= 0.3 is 59.1 Å². The fraction of sp³-hybridized carbons (Fsp3) is 0.148. The monoisotopic (exact) mass is 1330 g/mol. The molecule has 0 bridgehead atoms. The summed E-state index contributed by atoms with van der Waals surface area (Å²) in [5, 5.41) is 57.2. The van der Waals surface area contributed by atoms with Gasteiger partial charge in [0.15, 0.2) is 11.4 Å². The van der Waals surface area contributed by atoms with E-state index >= 15 is 0 Å². The molecule has 0 fully saturated rings. The zero-order chi connectivity index (χ0) is 63.2. The Hall–Kier alpha value is -7.51. The molecule has 0 spiro atoms. The molecule has 89 heavy (non-hydrogen) atoms. The van der Waals surface area contributed by atoms with E-state index in [1.807, 2.05) is 0 Å². The van der Waals surface area contributed by atoms with Crippen LogP contribution in [0, 0.1) is 13.8 Å². The molecule has 2 aromatic heterocycles. The summed E-state index contributed by atoms with van der Waals surface area (Å²) in [5.74, 6) is -3.85. The summed E-state index contributed by atoms with van der Waals surface area (Å²) in [5.41, 5.74) is 3.69. The first kappa shape index (κ1) is 70.6. The third kappa shape index (κ3) is 16.7. The third-order valence-corrected chi connectivity index (χ3v) is 19.6. The van der Waals surface area contributed by atoms with Gasteiger partial charge in [-0.15, -0.1) is 20.5 Å². The van der Waals surface area contributed by atoms with Crippen molar-refractivity contribution in [2.45, 2.75) is 81.7 Å². The van der Waals surface area contributed by atoms with Gasteiger partial charge in [-0.2, -0.15) is 27.1 Å². The molecule has 4 N–H and O–H groups in total. The first-order chi connectivity index (χ1) is 41.0. The summed E-state index contributed by atoms with van der Waals surface area (Å²) in [6, 6.07) is 32.5. The van der Waals surface area contributed by atoms with Crippen LogP contribution in [0.3, 0.4) is 0 Å². The third-order valence-electron chi connectivity index (χ3n) is 12.9. The van der Waals surface area contributed by atoms with Crippen LogP contribution >= 0.6 is 0 Å². The number of rotatable bonds is 22. The van der Waals surface area contributed by atoms with Gasteiger partial charge in [-0.3, -0.25) is 29.5 Å². The molecule has 0 aliphatic rings. The number of nitrogens with one attached hydrogen (secondary N) is 2. The van der Waals surface area contributed by atoms with Gasteiger partial charge in [-0.1, -0.05) is 10.4 Å². The maximum absolute atomic E-state index is 13.5. The Morgan fingerprint density at radius 2 is 0.629 bits per heavy atom. The standard InChI is InChI=1S/C54H50N12O16S5.2Na/c1-5-65-51(67)47(31-83(71,72)73)33(3)49(53(65)69)61-55-35-7-19-41(20-8-35)85(77,78)43-23-11-37(12-24-43)57-63-59-39-15-27-45(28-16-39)87(81,82)46-29-17-40(18-30-46)60-64-58-38-13-25-44(26-14-38)86(79,80)42-21-9-36(10-22-42)56-62-50-34(4)48(32-84(74,75)76)52(68)66(6-2)54(50)70;;/h7-30,67-68H,5-6,31-32H2,1-4H3,(H,57,59)(H,58,60)(H,71,72,73)(H,74,75,76);;/q;2*+1/p-2. The number of benzene rings is 6. The van der Waals surface area contributed by atoms with Crippen LogP contribution in [0.5, 0.6) is 11.8 Å². The zero-order valence-corrected chi connectivity index (χ0v) is 55.9. The topological polar surface area (TPSA) is 424 Å². The molecule has 0 aliphatic carbocycles. The van der Waals surface area contributed by atoms with Crippen molar-refractivity contribution in [1.82, 2.24) is 9.13 Å². The Kier molecular flexibility index (Phi) is 23.0.